The normalized spacial score (nSPS) is 11.0. The van der Waals surface area contributed by atoms with Gasteiger partial charge in [0.1, 0.15) is 18.2 Å². The van der Waals surface area contributed by atoms with E-state index in [1.54, 1.807) is 0 Å². The summed E-state index contributed by atoms with van der Waals surface area (Å²) in [5.41, 5.74) is -0.286. The Kier molecular flexibility index (Phi) is 7.81. The molecule has 0 saturated carbocycles. The molecule has 4 nitrogen and oxygen atoms in total. The number of carbonyl (C=O) groups excluding carboxylic acids is 1. The van der Waals surface area contributed by atoms with Gasteiger partial charge < -0.3 is 14.6 Å². The maximum atomic E-state index is 13.1. The maximum absolute atomic E-state index is 13.1. The van der Waals surface area contributed by atoms with Gasteiger partial charge in [-0.3, -0.25) is 0 Å². The molecular weight excluding hydrogens is 421 g/mol. The van der Waals surface area contributed by atoms with Gasteiger partial charge in [-0.2, -0.15) is 13.2 Å². The molecule has 3 rings (SSSR count). The summed E-state index contributed by atoms with van der Waals surface area (Å²) in [5, 5.41) is 12.4. The number of carboxylic acid groups (broad SMARTS) is 1. The van der Waals surface area contributed by atoms with Gasteiger partial charge in [0.2, 0.25) is 0 Å². The van der Waals surface area contributed by atoms with E-state index >= 15 is 0 Å². The monoisotopic (exact) mass is 433 g/mol. The van der Waals surface area contributed by atoms with Gasteiger partial charge >= 0.3 is 35.7 Å². The van der Waals surface area contributed by atoms with Crippen molar-refractivity contribution in [1.29, 1.82) is 0 Å². The molecular formula is C19H12F4NNaO3S. The van der Waals surface area contributed by atoms with Gasteiger partial charge in [0, 0.05) is 17.4 Å². The number of ether oxygens (including phenoxy) is 1. The van der Waals surface area contributed by atoms with Gasteiger partial charge in [-0.1, -0.05) is 12.1 Å². The van der Waals surface area contributed by atoms with E-state index in [1.807, 2.05) is 0 Å². The first-order valence-electron chi connectivity index (χ1n) is 7.95. The van der Waals surface area contributed by atoms with Gasteiger partial charge in [0.15, 0.2) is 0 Å². The number of hydrogen-bond donors (Lipinski definition) is 0. The van der Waals surface area contributed by atoms with Crippen molar-refractivity contribution >= 4 is 17.3 Å². The molecule has 0 aliphatic rings. The third kappa shape index (κ3) is 6.27. The van der Waals surface area contributed by atoms with E-state index in [1.165, 1.54) is 35.7 Å². The molecule has 0 aliphatic heterocycles. The Morgan fingerprint density at radius 2 is 1.83 bits per heavy atom. The number of aromatic carboxylic acids is 1. The zero-order valence-electron chi connectivity index (χ0n) is 15.1. The Morgan fingerprint density at radius 1 is 1.14 bits per heavy atom. The van der Waals surface area contributed by atoms with Crippen LogP contribution in [-0.4, -0.2) is 11.0 Å². The maximum Gasteiger partial charge on any atom is 1.00 e. The van der Waals surface area contributed by atoms with E-state index in [-0.39, 0.29) is 59.6 Å². The quantitative estimate of drug-likeness (QED) is 0.427. The summed E-state index contributed by atoms with van der Waals surface area (Å²) in [7, 11) is 0. The molecule has 1 heterocycles. The Hall–Kier alpha value is -1.94. The SMILES string of the molecule is O=C([O-])c1csc(Cc2cc(C(F)(F)F)ccc2OCc2ccc(F)cc2)n1.[Na+]. The third-order valence-electron chi connectivity index (χ3n) is 3.80. The van der Waals surface area contributed by atoms with Crippen molar-refractivity contribution in [3.63, 3.8) is 0 Å². The Balaban J connectivity index is 0.00000300. The Labute approximate surface area is 189 Å². The van der Waals surface area contributed by atoms with Crippen molar-refractivity contribution in [1.82, 2.24) is 4.98 Å². The first kappa shape index (κ1) is 23.3. The zero-order valence-corrected chi connectivity index (χ0v) is 17.9. The van der Waals surface area contributed by atoms with Crippen LogP contribution in [0.25, 0.3) is 0 Å². The molecule has 0 atom stereocenters. The fourth-order valence-electron chi connectivity index (χ4n) is 2.43. The van der Waals surface area contributed by atoms with Crippen molar-refractivity contribution in [3.8, 4) is 5.75 Å². The molecule has 0 amide bonds. The van der Waals surface area contributed by atoms with Crippen LogP contribution in [0.3, 0.4) is 0 Å². The standard InChI is InChI=1S/C19H13F4NO3S.Na/c20-14-4-1-11(2-5-14)9-27-16-6-3-13(19(21,22)23)7-12(16)8-17-24-15(10-28-17)18(25)26;/h1-7,10H,8-9H2,(H,25,26);/q;+1/p-1. The zero-order chi connectivity index (χ0) is 20.3. The molecule has 1 aromatic heterocycles. The number of rotatable bonds is 6. The van der Waals surface area contributed by atoms with Crippen LogP contribution in [0.2, 0.25) is 0 Å². The van der Waals surface area contributed by atoms with Crippen molar-refractivity contribution in [2.24, 2.45) is 0 Å². The molecule has 146 valence electrons. The molecule has 0 aliphatic carbocycles. The van der Waals surface area contributed by atoms with Crippen LogP contribution in [0.4, 0.5) is 17.6 Å². The van der Waals surface area contributed by atoms with Gasteiger partial charge in [-0.25, -0.2) is 9.37 Å². The summed E-state index contributed by atoms with van der Waals surface area (Å²) < 4.78 is 57.8. The first-order chi connectivity index (χ1) is 13.2. The number of carboxylic acids is 1. The van der Waals surface area contributed by atoms with Crippen LogP contribution in [-0.2, 0) is 19.2 Å². The molecule has 0 N–H and O–H groups in total. The second-order valence-electron chi connectivity index (χ2n) is 5.83. The van der Waals surface area contributed by atoms with Crippen LogP contribution < -0.4 is 39.4 Å². The van der Waals surface area contributed by atoms with E-state index in [0.717, 1.165) is 23.5 Å². The topological polar surface area (TPSA) is 62.2 Å². The number of aromatic nitrogens is 1. The summed E-state index contributed by atoms with van der Waals surface area (Å²) in [6.07, 6.45) is -4.58. The molecule has 0 fully saturated rings. The third-order valence-corrected chi connectivity index (χ3v) is 4.65. The fraction of sp³-hybridized carbons (Fsp3) is 0.158. The summed E-state index contributed by atoms with van der Waals surface area (Å²) in [4.78, 5) is 14.7. The Morgan fingerprint density at radius 3 is 2.41 bits per heavy atom. The Bertz CT molecular complexity index is 990. The van der Waals surface area contributed by atoms with Crippen LogP contribution in [0.5, 0.6) is 5.75 Å². The number of benzene rings is 2. The first-order valence-corrected chi connectivity index (χ1v) is 8.83. The largest absolute Gasteiger partial charge is 1.00 e. The van der Waals surface area contributed by atoms with Crippen LogP contribution >= 0.6 is 11.3 Å². The second kappa shape index (κ2) is 9.71. The van der Waals surface area contributed by atoms with E-state index in [9.17, 15) is 27.5 Å². The summed E-state index contributed by atoms with van der Waals surface area (Å²) in [6, 6.07) is 8.57. The van der Waals surface area contributed by atoms with E-state index in [4.69, 9.17) is 4.74 Å². The smallest absolute Gasteiger partial charge is 0.543 e. The summed E-state index contributed by atoms with van der Waals surface area (Å²) in [5.74, 6) is -1.67. The molecule has 10 heteroatoms. The molecule has 2 aromatic carbocycles. The van der Waals surface area contributed by atoms with Crippen LogP contribution in [0.15, 0.2) is 47.8 Å². The average molecular weight is 433 g/mol. The van der Waals surface area contributed by atoms with Gasteiger partial charge in [-0.15, -0.1) is 11.3 Å². The molecule has 3 aromatic rings. The predicted molar refractivity (Wildman–Crippen MR) is 91.4 cm³/mol. The van der Waals surface area contributed by atoms with Crippen molar-refractivity contribution in [3.05, 3.63) is 81.1 Å². The van der Waals surface area contributed by atoms with E-state index in [0.29, 0.717) is 10.6 Å². The number of halogens is 4. The number of hydrogen-bond acceptors (Lipinski definition) is 5. The number of carbonyl (C=O) groups is 1. The molecule has 0 spiro atoms. The van der Waals surface area contributed by atoms with Crippen LogP contribution in [0.1, 0.15) is 32.2 Å². The van der Waals surface area contributed by atoms with Gasteiger partial charge in [0.05, 0.1) is 22.2 Å². The molecule has 0 radical (unpaired) electrons. The number of thiazole rings is 1. The minimum Gasteiger partial charge on any atom is -0.543 e. The van der Waals surface area contributed by atoms with Crippen molar-refractivity contribution in [2.75, 3.05) is 0 Å². The number of nitrogens with zero attached hydrogens (tertiary/aromatic N) is 1. The average Bonchev–Trinajstić information content (AvgIpc) is 3.10. The van der Waals surface area contributed by atoms with Gasteiger partial charge in [-0.05, 0) is 35.9 Å². The fourth-order valence-corrected chi connectivity index (χ4v) is 3.21. The minimum atomic E-state index is -4.54. The molecule has 0 unspecified atom stereocenters. The van der Waals surface area contributed by atoms with Crippen molar-refractivity contribution < 1.29 is 61.8 Å². The van der Waals surface area contributed by atoms with Crippen molar-refractivity contribution in [2.45, 2.75) is 19.2 Å². The van der Waals surface area contributed by atoms with Gasteiger partial charge in [0.25, 0.3) is 0 Å². The van der Waals surface area contributed by atoms with E-state index < -0.39 is 23.5 Å². The molecule has 0 bridgehead atoms. The molecule has 29 heavy (non-hydrogen) atoms. The van der Waals surface area contributed by atoms with Crippen LogP contribution in [0, 0.1) is 5.82 Å². The predicted octanol–water partition coefficient (Wildman–Crippen LogP) is 0.838. The summed E-state index contributed by atoms with van der Waals surface area (Å²) >= 11 is 1.00. The second-order valence-corrected chi connectivity index (χ2v) is 6.77. The molecule has 0 saturated heterocycles. The minimum absolute atomic E-state index is 0. The summed E-state index contributed by atoms with van der Waals surface area (Å²) in [6.45, 7) is 0.0286. The number of alkyl halides is 3. The van der Waals surface area contributed by atoms with E-state index in [2.05, 4.69) is 4.98 Å².